The summed E-state index contributed by atoms with van der Waals surface area (Å²) in [5.41, 5.74) is 2.09. The predicted octanol–water partition coefficient (Wildman–Crippen LogP) is 1.57. The molecule has 3 rings (SSSR count). The SMILES string of the molecule is Cn1cccc1C(=O)NCCN1CCN(Cc2ccccc2)CC1. The highest BCUT2D eigenvalue weighted by Crippen LogP contribution is 2.08. The third kappa shape index (κ3) is 4.46. The fourth-order valence-corrected chi connectivity index (χ4v) is 3.13. The van der Waals surface area contributed by atoms with Crippen LogP contribution in [-0.2, 0) is 13.6 Å². The Hall–Kier alpha value is -2.11. The molecule has 5 heteroatoms. The molecule has 1 amide bonds. The van der Waals surface area contributed by atoms with E-state index in [1.165, 1.54) is 5.56 Å². The number of piperazine rings is 1. The van der Waals surface area contributed by atoms with E-state index in [4.69, 9.17) is 0 Å². The molecule has 0 saturated carbocycles. The number of nitrogens with one attached hydrogen (secondary N) is 1. The van der Waals surface area contributed by atoms with Gasteiger partial charge in [0.2, 0.25) is 0 Å². The Bertz CT molecular complexity index is 644. The van der Waals surface area contributed by atoms with Crippen molar-refractivity contribution in [2.24, 2.45) is 7.05 Å². The number of amides is 1. The number of hydrogen-bond donors (Lipinski definition) is 1. The Balaban J connectivity index is 1.35. The molecule has 24 heavy (non-hydrogen) atoms. The first-order valence-electron chi connectivity index (χ1n) is 8.60. The molecule has 1 saturated heterocycles. The van der Waals surface area contributed by atoms with Crippen LogP contribution < -0.4 is 5.32 Å². The summed E-state index contributed by atoms with van der Waals surface area (Å²) in [4.78, 5) is 17.0. The second kappa shape index (κ2) is 8.13. The molecule has 0 atom stereocenters. The predicted molar refractivity (Wildman–Crippen MR) is 95.9 cm³/mol. The van der Waals surface area contributed by atoms with Gasteiger partial charge in [-0.2, -0.15) is 0 Å². The Kier molecular flexibility index (Phi) is 5.67. The Labute approximate surface area is 143 Å². The molecular formula is C19H26N4O. The minimum absolute atomic E-state index is 0.00483. The lowest BCUT2D eigenvalue weighted by atomic mass is 10.2. The molecule has 0 unspecified atom stereocenters. The van der Waals surface area contributed by atoms with E-state index in [0.29, 0.717) is 12.2 Å². The van der Waals surface area contributed by atoms with E-state index < -0.39 is 0 Å². The zero-order chi connectivity index (χ0) is 16.8. The number of rotatable bonds is 6. The van der Waals surface area contributed by atoms with Gasteiger partial charge in [-0.15, -0.1) is 0 Å². The standard InChI is InChI=1S/C19H26N4O/c1-21-10-5-8-18(21)19(24)20-9-11-22-12-14-23(15-13-22)16-17-6-3-2-4-7-17/h2-8,10H,9,11-16H2,1H3,(H,20,24). The summed E-state index contributed by atoms with van der Waals surface area (Å²) in [6.07, 6.45) is 1.89. The molecule has 1 N–H and O–H groups in total. The molecule has 1 aliphatic rings. The van der Waals surface area contributed by atoms with Crippen LogP contribution in [-0.4, -0.2) is 59.5 Å². The molecule has 1 aromatic carbocycles. The van der Waals surface area contributed by atoms with Crippen LogP contribution in [0.3, 0.4) is 0 Å². The van der Waals surface area contributed by atoms with Crippen LogP contribution in [0.2, 0.25) is 0 Å². The smallest absolute Gasteiger partial charge is 0.267 e. The van der Waals surface area contributed by atoms with Crippen molar-refractivity contribution < 1.29 is 4.79 Å². The third-order valence-corrected chi connectivity index (χ3v) is 4.60. The van der Waals surface area contributed by atoms with Gasteiger partial charge in [-0.05, 0) is 17.7 Å². The van der Waals surface area contributed by atoms with E-state index in [9.17, 15) is 4.79 Å². The highest BCUT2D eigenvalue weighted by Gasteiger charge is 2.17. The first-order chi connectivity index (χ1) is 11.7. The summed E-state index contributed by atoms with van der Waals surface area (Å²) >= 11 is 0. The summed E-state index contributed by atoms with van der Waals surface area (Å²) in [5, 5.41) is 3.01. The van der Waals surface area contributed by atoms with Gasteiger partial charge in [0.25, 0.3) is 5.91 Å². The molecule has 128 valence electrons. The fraction of sp³-hybridized carbons (Fsp3) is 0.421. The Morgan fingerprint density at radius 1 is 1.00 bits per heavy atom. The Morgan fingerprint density at radius 3 is 2.38 bits per heavy atom. The largest absolute Gasteiger partial charge is 0.349 e. The van der Waals surface area contributed by atoms with Crippen molar-refractivity contribution in [3.05, 3.63) is 59.9 Å². The monoisotopic (exact) mass is 326 g/mol. The highest BCUT2D eigenvalue weighted by atomic mass is 16.1. The number of aromatic nitrogens is 1. The number of aryl methyl sites for hydroxylation is 1. The van der Waals surface area contributed by atoms with E-state index in [-0.39, 0.29) is 5.91 Å². The summed E-state index contributed by atoms with van der Waals surface area (Å²) < 4.78 is 1.84. The minimum Gasteiger partial charge on any atom is -0.349 e. The highest BCUT2D eigenvalue weighted by molar-refractivity contribution is 5.92. The maximum absolute atomic E-state index is 12.1. The second-order valence-corrected chi connectivity index (χ2v) is 6.36. The normalized spacial score (nSPS) is 16.2. The van der Waals surface area contributed by atoms with Gasteiger partial charge in [0.05, 0.1) is 0 Å². The number of carbonyl (C=O) groups is 1. The molecule has 0 radical (unpaired) electrons. The molecule has 0 aliphatic carbocycles. The zero-order valence-electron chi connectivity index (χ0n) is 14.3. The van der Waals surface area contributed by atoms with Gasteiger partial charge in [0.15, 0.2) is 0 Å². The Morgan fingerprint density at radius 2 is 1.71 bits per heavy atom. The zero-order valence-corrected chi connectivity index (χ0v) is 14.3. The van der Waals surface area contributed by atoms with Crippen molar-refractivity contribution in [2.45, 2.75) is 6.54 Å². The van der Waals surface area contributed by atoms with Crippen LogP contribution in [0.25, 0.3) is 0 Å². The molecule has 1 aliphatic heterocycles. The van der Waals surface area contributed by atoms with Gasteiger partial charge in [0, 0.05) is 59.1 Å². The number of benzene rings is 1. The first kappa shape index (κ1) is 16.7. The van der Waals surface area contributed by atoms with Gasteiger partial charge < -0.3 is 9.88 Å². The van der Waals surface area contributed by atoms with E-state index in [1.54, 1.807) is 0 Å². The molecule has 2 aromatic rings. The van der Waals surface area contributed by atoms with E-state index in [1.807, 2.05) is 29.9 Å². The van der Waals surface area contributed by atoms with E-state index in [2.05, 4.69) is 45.4 Å². The summed E-state index contributed by atoms with van der Waals surface area (Å²) in [5.74, 6) is 0.00483. The lowest BCUT2D eigenvalue weighted by molar-refractivity contribution is 0.0926. The average Bonchev–Trinajstić information content (AvgIpc) is 3.03. The number of nitrogens with zero attached hydrogens (tertiary/aromatic N) is 3. The molecule has 2 heterocycles. The molecule has 0 bridgehead atoms. The lowest BCUT2D eigenvalue weighted by Gasteiger charge is -2.34. The minimum atomic E-state index is 0.00483. The van der Waals surface area contributed by atoms with Crippen molar-refractivity contribution >= 4 is 5.91 Å². The van der Waals surface area contributed by atoms with Gasteiger partial charge in [-0.25, -0.2) is 0 Å². The molecule has 5 nitrogen and oxygen atoms in total. The topological polar surface area (TPSA) is 40.5 Å². The molecule has 0 spiro atoms. The molecule has 1 fully saturated rings. The quantitative estimate of drug-likeness (QED) is 0.876. The number of hydrogen-bond acceptors (Lipinski definition) is 3. The maximum atomic E-state index is 12.1. The average molecular weight is 326 g/mol. The van der Waals surface area contributed by atoms with Crippen LogP contribution in [0.1, 0.15) is 16.1 Å². The molecular weight excluding hydrogens is 300 g/mol. The van der Waals surface area contributed by atoms with Gasteiger partial charge in [0.1, 0.15) is 5.69 Å². The van der Waals surface area contributed by atoms with Crippen molar-refractivity contribution in [1.82, 2.24) is 19.7 Å². The fourth-order valence-electron chi connectivity index (χ4n) is 3.13. The summed E-state index contributed by atoms with van der Waals surface area (Å²) in [6, 6.07) is 14.4. The van der Waals surface area contributed by atoms with Crippen LogP contribution >= 0.6 is 0 Å². The van der Waals surface area contributed by atoms with Gasteiger partial charge in [-0.1, -0.05) is 30.3 Å². The lowest BCUT2D eigenvalue weighted by Crippen LogP contribution is -2.48. The van der Waals surface area contributed by atoms with E-state index in [0.717, 1.165) is 39.3 Å². The van der Waals surface area contributed by atoms with Crippen molar-refractivity contribution in [1.29, 1.82) is 0 Å². The number of carbonyl (C=O) groups excluding carboxylic acids is 1. The van der Waals surface area contributed by atoms with Crippen molar-refractivity contribution in [3.8, 4) is 0 Å². The van der Waals surface area contributed by atoms with Crippen LogP contribution in [0.15, 0.2) is 48.7 Å². The van der Waals surface area contributed by atoms with E-state index >= 15 is 0 Å². The second-order valence-electron chi connectivity index (χ2n) is 6.36. The first-order valence-corrected chi connectivity index (χ1v) is 8.60. The van der Waals surface area contributed by atoms with Crippen LogP contribution in [0.5, 0.6) is 0 Å². The third-order valence-electron chi connectivity index (χ3n) is 4.60. The van der Waals surface area contributed by atoms with Crippen LogP contribution in [0.4, 0.5) is 0 Å². The summed E-state index contributed by atoms with van der Waals surface area (Å²) in [6.45, 7) is 6.93. The molecule has 1 aromatic heterocycles. The van der Waals surface area contributed by atoms with Crippen LogP contribution in [0, 0.1) is 0 Å². The maximum Gasteiger partial charge on any atom is 0.267 e. The van der Waals surface area contributed by atoms with Gasteiger partial charge in [-0.3, -0.25) is 14.6 Å². The van der Waals surface area contributed by atoms with Gasteiger partial charge >= 0.3 is 0 Å². The van der Waals surface area contributed by atoms with Crippen molar-refractivity contribution in [2.75, 3.05) is 39.3 Å². The van der Waals surface area contributed by atoms with Crippen molar-refractivity contribution in [3.63, 3.8) is 0 Å². The summed E-state index contributed by atoms with van der Waals surface area (Å²) in [7, 11) is 1.89.